The molecule has 0 saturated heterocycles. The van der Waals surface area contributed by atoms with Gasteiger partial charge in [0.1, 0.15) is 0 Å². The maximum absolute atomic E-state index is 11.9. The average Bonchev–Trinajstić information content (AvgIpc) is 2.35. The first-order valence-corrected chi connectivity index (χ1v) is 6.66. The van der Waals surface area contributed by atoms with Crippen LogP contribution < -0.4 is 5.73 Å². The zero-order valence-electron chi connectivity index (χ0n) is 12.0. The molecule has 4 heteroatoms. The molecule has 18 heavy (non-hydrogen) atoms. The Labute approximate surface area is 118 Å². The number of allylic oxidation sites excluding steroid dienone is 1. The van der Waals surface area contributed by atoms with E-state index in [1.165, 1.54) is 0 Å². The van der Waals surface area contributed by atoms with Gasteiger partial charge in [0.15, 0.2) is 0 Å². The number of likely N-dealkylation sites (N-methyl/N-ethyl adjacent to an activating group) is 1. The fraction of sp³-hybridized carbons (Fsp3) is 0.786. The minimum Gasteiger partial charge on any atom is -0.344 e. The number of rotatable bonds is 9. The summed E-state index contributed by atoms with van der Waals surface area (Å²) >= 11 is 0. The van der Waals surface area contributed by atoms with Crippen LogP contribution in [0.1, 0.15) is 46.0 Å². The van der Waals surface area contributed by atoms with Crippen molar-refractivity contribution in [2.45, 2.75) is 52.0 Å². The molecule has 0 aromatic carbocycles. The first-order chi connectivity index (χ1) is 8.04. The Morgan fingerprint density at radius 3 is 2.50 bits per heavy atom. The highest BCUT2D eigenvalue weighted by Gasteiger charge is 2.22. The van der Waals surface area contributed by atoms with Gasteiger partial charge in [-0.1, -0.05) is 32.8 Å². The lowest BCUT2D eigenvalue weighted by Crippen LogP contribution is -2.45. The number of carbonyl (C=O) groups excluding carboxylic acids is 1. The zero-order chi connectivity index (χ0) is 13.3. The second-order valence-corrected chi connectivity index (χ2v) is 4.81. The van der Waals surface area contributed by atoms with Crippen LogP contribution in [0.3, 0.4) is 0 Å². The lowest BCUT2D eigenvalue weighted by molar-refractivity contribution is -0.132. The molecule has 2 N–H and O–H groups in total. The fourth-order valence-corrected chi connectivity index (χ4v) is 1.68. The normalized spacial score (nSPS) is 13.3. The number of carbonyl (C=O) groups is 1. The Morgan fingerprint density at radius 2 is 2.00 bits per heavy atom. The molecule has 0 bridgehead atoms. The van der Waals surface area contributed by atoms with Gasteiger partial charge >= 0.3 is 0 Å². The highest BCUT2D eigenvalue weighted by molar-refractivity contribution is 5.85. The average molecular weight is 277 g/mol. The molecule has 2 atom stereocenters. The molecule has 0 aromatic rings. The summed E-state index contributed by atoms with van der Waals surface area (Å²) in [4.78, 5) is 13.7. The third kappa shape index (κ3) is 7.72. The van der Waals surface area contributed by atoms with E-state index in [4.69, 9.17) is 5.73 Å². The highest BCUT2D eigenvalue weighted by Crippen LogP contribution is 2.09. The van der Waals surface area contributed by atoms with Crippen molar-refractivity contribution in [3.63, 3.8) is 0 Å². The van der Waals surface area contributed by atoms with Gasteiger partial charge in [-0.25, -0.2) is 0 Å². The molecule has 0 rings (SSSR count). The predicted molar refractivity (Wildman–Crippen MR) is 81.0 cm³/mol. The van der Waals surface area contributed by atoms with E-state index in [1.54, 1.807) is 4.90 Å². The maximum atomic E-state index is 11.9. The molecule has 0 aliphatic heterocycles. The summed E-state index contributed by atoms with van der Waals surface area (Å²) in [5.41, 5.74) is 5.92. The Hall–Kier alpha value is -0.540. The Kier molecular flexibility index (Phi) is 12.7. The van der Waals surface area contributed by atoms with Crippen molar-refractivity contribution in [2.75, 3.05) is 13.6 Å². The van der Waals surface area contributed by atoms with E-state index in [-0.39, 0.29) is 30.3 Å². The van der Waals surface area contributed by atoms with E-state index in [9.17, 15) is 4.79 Å². The largest absolute Gasteiger partial charge is 0.344 e. The third-order valence-corrected chi connectivity index (χ3v) is 3.32. The van der Waals surface area contributed by atoms with Gasteiger partial charge in [-0.15, -0.1) is 19.0 Å². The molecule has 0 aliphatic carbocycles. The van der Waals surface area contributed by atoms with Crippen molar-refractivity contribution in [2.24, 2.45) is 11.7 Å². The quantitative estimate of drug-likeness (QED) is 0.520. The lowest BCUT2D eigenvalue weighted by atomic mass is 9.99. The van der Waals surface area contributed by atoms with E-state index in [2.05, 4.69) is 13.5 Å². The number of hydrogen-bond acceptors (Lipinski definition) is 2. The van der Waals surface area contributed by atoms with Crippen LogP contribution in [-0.4, -0.2) is 30.4 Å². The molecular weight excluding hydrogens is 248 g/mol. The van der Waals surface area contributed by atoms with Crippen LogP contribution in [-0.2, 0) is 4.79 Å². The summed E-state index contributed by atoms with van der Waals surface area (Å²) in [6.45, 7) is 8.59. The van der Waals surface area contributed by atoms with Crippen LogP contribution in [0.4, 0.5) is 0 Å². The predicted octanol–water partition coefficient (Wildman–Crippen LogP) is 2.99. The van der Waals surface area contributed by atoms with Crippen LogP contribution in [0, 0.1) is 5.92 Å². The van der Waals surface area contributed by atoms with Crippen molar-refractivity contribution < 1.29 is 4.79 Å². The Balaban J connectivity index is 0. The fourth-order valence-electron chi connectivity index (χ4n) is 1.68. The van der Waals surface area contributed by atoms with Crippen LogP contribution in [0.15, 0.2) is 12.7 Å². The molecule has 0 saturated carbocycles. The second kappa shape index (κ2) is 11.5. The van der Waals surface area contributed by atoms with E-state index in [1.807, 2.05) is 20.0 Å². The number of nitrogens with two attached hydrogens (primary N) is 1. The van der Waals surface area contributed by atoms with Crippen LogP contribution in [0.2, 0.25) is 0 Å². The molecule has 1 amide bonds. The zero-order valence-corrected chi connectivity index (χ0v) is 12.8. The molecule has 0 fully saturated rings. The molecule has 0 heterocycles. The first-order valence-electron chi connectivity index (χ1n) is 6.66. The van der Waals surface area contributed by atoms with Crippen LogP contribution in [0.25, 0.3) is 0 Å². The summed E-state index contributed by atoms with van der Waals surface area (Å²) in [7, 11) is 1.85. The van der Waals surface area contributed by atoms with Gasteiger partial charge in [0.25, 0.3) is 0 Å². The molecular formula is C14H29ClN2O. The molecule has 0 aromatic heterocycles. The monoisotopic (exact) mass is 276 g/mol. The van der Waals surface area contributed by atoms with Gasteiger partial charge in [0, 0.05) is 13.6 Å². The lowest BCUT2D eigenvalue weighted by Gasteiger charge is -2.24. The smallest absolute Gasteiger partial charge is 0.239 e. The molecule has 0 radical (unpaired) electrons. The number of amides is 1. The number of hydrogen-bond donors (Lipinski definition) is 1. The number of halogens is 1. The van der Waals surface area contributed by atoms with E-state index in [0.29, 0.717) is 0 Å². The summed E-state index contributed by atoms with van der Waals surface area (Å²) in [5.74, 6) is 0.328. The third-order valence-electron chi connectivity index (χ3n) is 3.32. The highest BCUT2D eigenvalue weighted by atomic mass is 35.5. The van der Waals surface area contributed by atoms with Crippen molar-refractivity contribution in [3.8, 4) is 0 Å². The molecule has 0 spiro atoms. The van der Waals surface area contributed by atoms with E-state index in [0.717, 1.165) is 38.6 Å². The van der Waals surface area contributed by atoms with Crippen LogP contribution >= 0.6 is 12.4 Å². The van der Waals surface area contributed by atoms with E-state index < -0.39 is 0 Å². The van der Waals surface area contributed by atoms with Crippen LogP contribution in [0.5, 0.6) is 0 Å². The maximum Gasteiger partial charge on any atom is 0.239 e. The van der Waals surface area contributed by atoms with Crippen molar-refractivity contribution in [1.82, 2.24) is 4.90 Å². The summed E-state index contributed by atoms with van der Waals surface area (Å²) in [5, 5.41) is 0. The van der Waals surface area contributed by atoms with Gasteiger partial charge in [-0.05, 0) is 25.2 Å². The van der Waals surface area contributed by atoms with E-state index >= 15 is 0 Å². The van der Waals surface area contributed by atoms with Crippen molar-refractivity contribution in [1.29, 1.82) is 0 Å². The summed E-state index contributed by atoms with van der Waals surface area (Å²) in [6.07, 6.45) is 7.28. The van der Waals surface area contributed by atoms with Crippen molar-refractivity contribution >= 4 is 18.3 Å². The Morgan fingerprint density at radius 1 is 1.39 bits per heavy atom. The van der Waals surface area contributed by atoms with Gasteiger partial charge < -0.3 is 10.6 Å². The molecule has 0 aliphatic rings. The standard InChI is InChI=1S/C14H28N2O.ClH/c1-5-7-8-9-10-11-16(4)14(17)13(15)12(3)6-2;/h5,12-13H,1,6-11,15H2,2-4H3;1H. The minimum absolute atomic E-state index is 0. The second-order valence-electron chi connectivity index (χ2n) is 4.81. The Bertz CT molecular complexity index is 234. The van der Waals surface area contributed by atoms with Gasteiger partial charge in [-0.3, -0.25) is 4.79 Å². The molecule has 108 valence electrons. The van der Waals surface area contributed by atoms with Gasteiger partial charge in [0.05, 0.1) is 6.04 Å². The minimum atomic E-state index is -0.349. The topological polar surface area (TPSA) is 46.3 Å². The van der Waals surface area contributed by atoms with Gasteiger partial charge in [0.2, 0.25) is 5.91 Å². The SMILES string of the molecule is C=CCCCCCN(C)C(=O)C(N)C(C)CC.Cl. The van der Waals surface area contributed by atoms with Gasteiger partial charge in [-0.2, -0.15) is 0 Å². The summed E-state index contributed by atoms with van der Waals surface area (Å²) in [6, 6.07) is -0.349. The van der Waals surface area contributed by atoms with Crippen molar-refractivity contribution in [3.05, 3.63) is 12.7 Å². The number of nitrogens with zero attached hydrogens (tertiary/aromatic N) is 1. The molecule has 2 unspecified atom stereocenters. The molecule has 3 nitrogen and oxygen atoms in total. The first kappa shape index (κ1) is 19.8. The summed E-state index contributed by atoms with van der Waals surface area (Å²) < 4.78 is 0. The number of unbranched alkanes of at least 4 members (excludes halogenated alkanes) is 3.